The molecule has 0 aliphatic carbocycles. The normalized spacial score (nSPS) is 12.9. The van der Waals surface area contributed by atoms with Crippen LogP contribution in [-0.4, -0.2) is 46.1 Å². The number of fused-ring (bicyclic) bond motifs is 1. The van der Waals surface area contributed by atoms with Gasteiger partial charge in [0.15, 0.2) is 0 Å². The van der Waals surface area contributed by atoms with Crippen molar-refractivity contribution in [1.82, 2.24) is 10.2 Å². The van der Waals surface area contributed by atoms with E-state index in [4.69, 9.17) is 4.74 Å². The Morgan fingerprint density at radius 1 is 0.867 bits per heavy atom. The van der Waals surface area contributed by atoms with E-state index in [1.165, 1.54) is 12.1 Å². The van der Waals surface area contributed by atoms with Crippen LogP contribution < -0.4 is 10.6 Å². The zero-order valence-electron chi connectivity index (χ0n) is 27.8. The second-order valence-corrected chi connectivity index (χ2v) is 13.2. The molecule has 2 unspecified atom stereocenters. The molecule has 2 atom stereocenters. The molecule has 0 spiro atoms. The van der Waals surface area contributed by atoms with Crippen LogP contribution in [0.15, 0.2) is 66.7 Å². The third-order valence-electron chi connectivity index (χ3n) is 7.49. The van der Waals surface area contributed by atoms with Crippen molar-refractivity contribution in [2.75, 3.05) is 11.9 Å². The van der Waals surface area contributed by atoms with Gasteiger partial charge in [0.2, 0.25) is 5.91 Å². The van der Waals surface area contributed by atoms with Gasteiger partial charge in [0, 0.05) is 12.2 Å². The first-order chi connectivity index (χ1) is 21.4. The molecular weight excluding hydrogens is 566 g/mol. The van der Waals surface area contributed by atoms with Crippen LogP contribution in [-0.2, 0) is 14.3 Å². The van der Waals surface area contributed by atoms with Crippen molar-refractivity contribution in [2.24, 2.45) is 5.92 Å². The van der Waals surface area contributed by atoms with E-state index in [0.717, 1.165) is 42.9 Å². The maximum Gasteiger partial charge on any atom is 0.408 e. The number of hydrogen-bond donors (Lipinski definition) is 3. The van der Waals surface area contributed by atoms with Gasteiger partial charge in [-0.05, 0) is 80.1 Å². The summed E-state index contributed by atoms with van der Waals surface area (Å²) in [4.78, 5) is 43.2. The molecule has 3 N–H and O–H groups in total. The van der Waals surface area contributed by atoms with Gasteiger partial charge < -0.3 is 25.4 Å². The fraction of sp³-hybridized carbons (Fsp3) is 0.486. The summed E-state index contributed by atoms with van der Waals surface area (Å²) in [7, 11) is 0. The molecule has 0 bridgehead atoms. The van der Waals surface area contributed by atoms with Crippen LogP contribution in [0.25, 0.3) is 10.8 Å². The van der Waals surface area contributed by atoms with E-state index < -0.39 is 29.7 Å². The SMILES string of the molecule is CCCCCCCCN(C(=O)C(CC(C)C)NC(=O)OC(C)(C)C)C(C(=O)Nc1ccc2ccccc2c1)c1cccc(O)c1. The molecule has 244 valence electrons. The summed E-state index contributed by atoms with van der Waals surface area (Å²) in [5.74, 6) is -0.704. The van der Waals surface area contributed by atoms with Crippen LogP contribution in [0.5, 0.6) is 5.75 Å². The number of carbonyl (C=O) groups is 3. The van der Waals surface area contributed by atoms with Crippen molar-refractivity contribution >= 4 is 34.4 Å². The molecular formula is C37H51N3O5. The summed E-state index contributed by atoms with van der Waals surface area (Å²) < 4.78 is 5.51. The van der Waals surface area contributed by atoms with Gasteiger partial charge in [-0.15, -0.1) is 0 Å². The summed E-state index contributed by atoms with van der Waals surface area (Å²) in [6.07, 6.45) is 5.69. The molecule has 0 aromatic heterocycles. The maximum absolute atomic E-state index is 14.5. The number of amides is 3. The lowest BCUT2D eigenvalue weighted by Crippen LogP contribution is -2.53. The van der Waals surface area contributed by atoms with Crippen molar-refractivity contribution in [3.05, 3.63) is 72.3 Å². The van der Waals surface area contributed by atoms with Crippen LogP contribution in [0.2, 0.25) is 0 Å². The number of benzene rings is 3. The molecule has 3 aromatic carbocycles. The number of aromatic hydroxyl groups is 1. The van der Waals surface area contributed by atoms with E-state index in [0.29, 0.717) is 30.6 Å². The van der Waals surface area contributed by atoms with Gasteiger partial charge in [0.1, 0.15) is 23.4 Å². The second kappa shape index (κ2) is 16.8. The fourth-order valence-electron chi connectivity index (χ4n) is 5.42. The minimum absolute atomic E-state index is 0.00594. The lowest BCUT2D eigenvalue weighted by Gasteiger charge is -2.35. The number of phenols is 1. The first-order valence-corrected chi connectivity index (χ1v) is 16.3. The molecule has 3 amide bonds. The second-order valence-electron chi connectivity index (χ2n) is 13.2. The van der Waals surface area contributed by atoms with E-state index in [1.54, 1.807) is 37.8 Å². The van der Waals surface area contributed by atoms with Gasteiger partial charge >= 0.3 is 6.09 Å². The van der Waals surface area contributed by atoms with Crippen LogP contribution in [0, 0.1) is 5.92 Å². The molecule has 0 saturated heterocycles. The minimum atomic E-state index is -1.05. The number of nitrogens with zero attached hydrogens (tertiary/aromatic N) is 1. The molecule has 0 fully saturated rings. The predicted molar refractivity (Wildman–Crippen MR) is 181 cm³/mol. The monoisotopic (exact) mass is 617 g/mol. The van der Waals surface area contributed by atoms with E-state index in [1.807, 2.05) is 56.3 Å². The number of alkyl carbamates (subject to hydrolysis) is 1. The summed E-state index contributed by atoms with van der Waals surface area (Å²) >= 11 is 0. The lowest BCUT2D eigenvalue weighted by atomic mass is 9.98. The molecule has 0 aliphatic rings. The smallest absolute Gasteiger partial charge is 0.408 e. The highest BCUT2D eigenvalue weighted by atomic mass is 16.6. The average Bonchev–Trinajstić information content (AvgIpc) is 2.96. The molecule has 8 nitrogen and oxygen atoms in total. The number of nitrogens with one attached hydrogen (secondary N) is 2. The van der Waals surface area contributed by atoms with Crippen LogP contribution in [0.1, 0.15) is 98.1 Å². The van der Waals surface area contributed by atoms with Gasteiger partial charge in [-0.25, -0.2) is 4.79 Å². The standard InChI is InChI=1S/C37H51N3O5/c1-7-8-9-10-11-14-22-40(35(43)32(23-26(2)3)39-36(44)45-37(4,5)6)33(29-18-15-19-31(41)25-29)34(42)38-30-21-20-27-16-12-13-17-28(27)24-30/h12-13,15-21,24-26,32-33,41H,7-11,14,22-23H2,1-6H3,(H,38,42)(H,39,44). The van der Waals surface area contributed by atoms with Crippen molar-refractivity contribution in [3.63, 3.8) is 0 Å². The predicted octanol–water partition coefficient (Wildman–Crippen LogP) is 8.35. The number of phenolic OH excluding ortho intramolecular Hbond substituents is 1. The molecule has 0 radical (unpaired) electrons. The van der Waals surface area contributed by atoms with Gasteiger partial charge in [-0.2, -0.15) is 0 Å². The third-order valence-corrected chi connectivity index (χ3v) is 7.49. The van der Waals surface area contributed by atoms with Crippen molar-refractivity contribution in [1.29, 1.82) is 0 Å². The highest BCUT2D eigenvalue weighted by Gasteiger charge is 2.36. The average molecular weight is 618 g/mol. The molecule has 3 rings (SSSR count). The molecule has 0 heterocycles. The summed E-state index contributed by atoms with van der Waals surface area (Å²) in [6.45, 7) is 11.7. The molecule has 0 saturated carbocycles. The van der Waals surface area contributed by atoms with Crippen molar-refractivity contribution < 1.29 is 24.2 Å². The summed E-state index contributed by atoms with van der Waals surface area (Å²) in [6, 6.07) is 18.1. The van der Waals surface area contributed by atoms with E-state index in [9.17, 15) is 19.5 Å². The zero-order valence-corrected chi connectivity index (χ0v) is 27.8. The number of ether oxygens (including phenoxy) is 1. The maximum atomic E-state index is 14.5. The van der Waals surface area contributed by atoms with Gasteiger partial charge in [0.25, 0.3) is 5.91 Å². The molecule has 45 heavy (non-hydrogen) atoms. The Bertz CT molecular complexity index is 1410. The Hall–Kier alpha value is -4.07. The van der Waals surface area contributed by atoms with E-state index >= 15 is 0 Å². The van der Waals surface area contributed by atoms with E-state index in [2.05, 4.69) is 17.6 Å². The molecule has 8 heteroatoms. The quantitative estimate of drug-likeness (QED) is 0.149. The Kier molecular flexibility index (Phi) is 13.3. The largest absolute Gasteiger partial charge is 0.508 e. The Morgan fingerprint density at radius 2 is 1.56 bits per heavy atom. The Morgan fingerprint density at radius 3 is 2.22 bits per heavy atom. The molecule has 3 aromatic rings. The van der Waals surface area contributed by atoms with Gasteiger partial charge in [-0.1, -0.05) is 95.3 Å². The Labute approximate surface area is 268 Å². The van der Waals surface area contributed by atoms with Crippen molar-refractivity contribution in [3.8, 4) is 5.75 Å². The zero-order chi connectivity index (χ0) is 33.0. The number of unbranched alkanes of at least 4 members (excludes halogenated alkanes) is 5. The number of anilines is 1. The van der Waals surface area contributed by atoms with E-state index in [-0.39, 0.29) is 17.6 Å². The first kappa shape index (κ1) is 35.4. The lowest BCUT2D eigenvalue weighted by molar-refractivity contribution is -0.141. The van der Waals surface area contributed by atoms with Crippen molar-refractivity contribution in [2.45, 2.75) is 104 Å². The number of hydrogen-bond acceptors (Lipinski definition) is 5. The van der Waals surface area contributed by atoms with Crippen LogP contribution in [0.4, 0.5) is 10.5 Å². The van der Waals surface area contributed by atoms with Crippen LogP contribution >= 0.6 is 0 Å². The highest BCUT2D eigenvalue weighted by molar-refractivity contribution is 6.00. The number of carbonyl (C=O) groups excluding carboxylic acids is 3. The number of rotatable bonds is 15. The molecule has 0 aliphatic heterocycles. The highest BCUT2D eigenvalue weighted by Crippen LogP contribution is 2.29. The fourth-order valence-corrected chi connectivity index (χ4v) is 5.42. The summed E-state index contributed by atoms with van der Waals surface area (Å²) in [5.41, 5.74) is 0.340. The topological polar surface area (TPSA) is 108 Å². The van der Waals surface area contributed by atoms with Gasteiger partial charge in [0.05, 0.1) is 0 Å². The Balaban J connectivity index is 2.01. The van der Waals surface area contributed by atoms with Gasteiger partial charge in [-0.3, -0.25) is 9.59 Å². The minimum Gasteiger partial charge on any atom is -0.508 e. The third kappa shape index (κ3) is 11.4. The summed E-state index contributed by atoms with van der Waals surface area (Å²) in [5, 5.41) is 18.3. The van der Waals surface area contributed by atoms with Crippen LogP contribution in [0.3, 0.4) is 0 Å². The first-order valence-electron chi connectivity index (χ1n) is 16.3.